The van der Waals surface area contributed by atoms with E-state index in [2.05, 4.69) is 192 Å². The van der Waals surface area contributed by atoms with Crippen LogP contribution in [0.4, 0.5) is 11.4 Å². The quantitative estimate of drug-likeness (QED) is 0.191. The number of para-hydroxylation sites is 2. The lowest BCUT2D eigenvalue weighted by atomic mass is 9.98. The number of rotatable bonds is 5. The largest absolute Gasteiger partial charge is 0.345 e. The predicted molar refractivity (Wildman–Crippen MR) is 201 cm³/mol. The fourth-order valence-corrected chi connectivity index (χ4v) is 7.09. The molecule has 0 saturated heterocycles. The second-order valence-electron chi connectivity index (χ2n) is 12.3. The second kappa shape index (κ2) is 11.0. The third kappa shape index (κ3) is 4.65. The SMILES string of the molecule is CN(c1ccccc1)c1ccc(-c2ccc(-c3cccc4c5cc6ccccc6cc5n(-c5ccc6ccccc6c5)c34)cc2)cc1. The molecule has 222 valence electrons. The Kier molecular flexibility index (Phi) is 6.39. The van der Waals surface area contributed by atoms with Gasteiger partial charge in [-0.1, -0.05) is 127 Å². The molecule has 1 heterocycles. The van der Waals surface area contributed by atoms with Crippen molar-refractivity contribution in [2.75, 3.05) is 11.9 Å². The van der Waals surface area contributed by atoms with E-state index in [1.165, 1.54) is 77.0 Å². The van der Waals surface area contributed by atoms with Gasteiger partial charge in [-0.15, -0.1) is 0 Å². The summed E-state index contributed by atoms with van der Waals surface area (Å²) in [7, 11) is 2.11. The monoisotopic (exact) mass is 600 g/mol. The van der Waals surface area contributed by atoms with Gasteiger partial charge < -0.3 is 9.47 Å². The highest BCUT2D eigenvalue weighted by Crippen LogP contribution is 2.40. The zero-order valence-corrected chi connectivity index (χ0v) is 26.1. The van der Waals surface area contributed by atoms with Gasteiger partial charge in [0.05, 0.1) is 11.0 Å². The zero-order chi connectivity index (χ0) is 31.3. The summed E-state index contributed by atoms with van der Waals surface area (Å²) in [6.45, 7) is 0. The number of hydrogen-bond acceptors (Lipinski definition) is 1. The molecule has 0 unspecified atom stereocenters. The molecule has 9 aromatic rings. The topological polar surface area (TPSA) is 8.17 Å². The minimum atomic E-state index is 1.16. The van der Waals surface area contributed by atoms with Crippen LogP contribution in [0, 0.1) is 0 Å². The lowest BCUT2D eigenvalue weighted by Gasteiger charge is -2.19. The van der Waals surface area contributed by atoms with Crippen molar-refractivity contribution in [3.05, 3.63) is 176 Å². The molecule has 47 heavy (non-hydrogen) atoms. The van der Waals surface area contributed by atoms with Crippen LogP contribution in [0.3, 0.4) is 0 Å². The fraction of sp³-hybridized carbons (Fsp3) is 0.0222. The summed E-state index contributed by atoms with van der Waals surface area (Å²) in [6.07, 6.45) is 0. The maximum atomic E-state index is 2.47. The maximum Gasteiger partial charge on any atom is 0.0619 e. The van der Waals surface area contributed by atoms with E-state index in [9.17, 15) is 0 Å². The van der Waals surface area contributed by atoms with E-state index in [1.54, 1.807) is 0 Å². The van der Waals surface area contributed by atoms with Gasteiger partial charge in [-0.05, 0) is 86.8 Å². The van der Waals surface area contributed by atoms with Gasteiger partial charge in [0, 0.05) is 40.4 Å². The summed E-state index contributed by atoms with van der Waals surface area (Å²) in [6, 6.07) is 63.9. The molecule has 0 radical (unpaired) electrons. The van der Waals surface area contributed by atoms with Crippen LogP contribution in [-0.2, 0) is 0 Å². The first-order chi connectivity index (χ1) is 23.2. The smallest absolute Gasteiger partial charge is 0.0619 e. The molecule has 0 aliphatic heterocycles. The molecule has 1 aromatic heterocycles. The van der Waals surface area contributed by atoms with Crippen LogP contribution in [0.5, 0.6) is 0 Å². The van der Waals surface area contributed by atoms with E-state index in [4.69, 9.17) is 0 Å². The van der Waals surface area contributed by atoms with Crippen LogP contribution in [-0.4, -0.2) is 11.6 Å². The van der Waals surface area contributed by atoms with Gasteiger partial charge in [0.1, 0.15) is 0 Å². The summed E-state index contributed by atoms with van der Waals surface area (Å²) in [5.41, 5.74) is 10.8. The average molecular weight is 601 g/mol. The van der Waals surface area contributed by atoms with Crippen molar-refractivity contribution in [3.63, 3.8) is 0 Å². The van der Waals surface area contributed by atoms with Crippen molar-refractivity contribution in [2.45, 2.75) is 0 Å². The fourth-order valence-electron chi connectivity index (χ4n) is 7.09. The number of nitrogens with zero attached hydrogens (tertiary/aromatic N) is 2. The summed E-state index contributed by atoms with van der Waals surface area (Å²) in [4.78, 5) is 2.21. The molecule has 0 bridgehead atoms. The van der Waals surface area contributed by atoms with Gasteiger partial charge in [-0.2, -0.15) is 0 Å². The molecular formula is C45H32N2. The summed E-state index contributed by atoms with van der Waals surface area (Å²) >= 11 is 0. The number of fused-ring (bicyclic) bond motifs is 5. The van der Waals surface area contributed by atoms with Crippen LogP contribution >= 0.6 is 0 Å². The van der Waals surface area contributed by atoms with Gasteiger partial charge in [0.2, 0.25) is 0 Å². The molecule has 9 rings (SSSR count). The molecular weight excluding hydrogens is 569 g/mol. The number of anilines is 2. The van der Waals surface area contributed by atoms with Gasteiger partial charge in [0.15, 0.2) is 0 Å². The molecule has 0 fully saturated rings. The molecule has 0 aliphatic rings. The Morgan fingerprint density at radius 2 is 0.979 bits per heavy atom. The van der Waals surface area contributed by atoms with Crippen LogP contribution in [0.2, 0.25) is 0 Å². The van der Waals surface area contributed by atoms with Crippen molar-refractivity contribution in [1.82, 2.24) is 4.57 Å². The summed E-state index contributed by atoms with van der Waals surface area (Å²) in [5.74, 6) is 0. The molecule has 0 aliphatic carbocycles. The molecule has 2 nitrogen and oxygen atoms in total. The molecule has 0 spiro atoms. The predicted octanol–water partition coefficient (Wildman–Crippen LogP) is 12.2. The van der Waals surface area contributed by atoms with Gasteiger partial charge in [-0.3, -0.25) is 0 Å². The minimum Gasteiger partial charge on any atom is -0.345 e. The Labute approximate surface area is 274 Å². The van der Waals surface area contributed by atoms with E-state index in [0.29, 0.717) is 0 Å². The third-order valence-electron chi connectivity index (χ3n) is 9.57. The van der Waals surface area contributed by atoms with E-state index >= 15 is 0 Å². The molecule has 0 N–H and O–H groups in total. The van der Waals surface area contributed by atoms with Gasteiger partial charge in [0.25, 0.3) is 0 Å². The number of benzene rings is 8. The molecule has 0 atom stereocenters. The Balaban J connectivity index is 1.18. The highest BCUT2D eigenvalue weighted by molar-refractivity contribution is 6.17. The van der Waals surface area contributed by atoms with E-state index in [-0.39, 0.29) is 0 Å². The van der Waals surface area contributed by atoms with Crippen LogP contribution in [0.1, 0.15) is 0 Å². The summed E-state index contributed by atoms with van der Waals surface area (Å²) in [5, 5.41) is 7.52. The second-order valence-corrected chi connectivity index (χ2v) is 12.3. The minimum absolute atomic E-state index is 1.16. The highest BCUT2D eigenvalue weighted by Gasteiger charge is 2.18. The zero-order valence-electron chi connectivity index (χ0n) is 26.1. The Bertz CT molecular complexity index is 2560. The highest BCUT2D eigenvalue weighted by atomic mass is 15.1. The van der Waals surface area contributed by atoms with Crippen LogP contribution in [0.15, 0.2) is 176 Å². The number of hydrogen-bond donors (Lipinski definition) is 0. The van der Waals surface area contributed by atoms with Crippen LogP contribution < -0.4 is 4.90 Å². The molecule has 0 amide bonds. The van der Waals surface area contributed by atoms with E-state index in [0.717, 1.165) is 5.69 Å². The van der Waals surface area contributed by atoms with Crippen molar-refractivity contribution < 1.29 is 0 Å². The standard InChI is InChI=1S/C45H32N2/c1-46(38-14-3-2-4-15-38)39-25-22-33(23-26-39)32-18-20-34(21-19-32)41-16-9-17-42-43-29-36-12-7-8-13-37(36)30-44(43)47(45(41)42)40-27-24-31-10-5-6-11-35(31)28-40/h2-30H,1H3. The summed E-state index contributed by atoms with van der Waals surface area (Å²) < 4.78 is 2.47. The lowest BCUT2D eigenvalue weighted by Crippen LogP contribution is -2.08. The number of aromatic nitrogens is 1. The van der Waals surface area contributed by atoms with E-state index in [1.807, 2.05) is 0 Å². The first-order valence-corrected chi connectivity index (χ1v) is 16.2. The van der Waals surface area contributed by atoms with Crippen molar-refractivity contribution in [1.29, 1.82) is 0 Å². The maximum absolute atomic E-state index is 2.47. The Morgan fingerprint density at radius 1 is 0.404 bits per heavy atom. The molecule has 8 aromatic carbocycles. The Morgan fingerprint density at radius 3 is 1.70 bits per heavy atom. The van der Waals surface area contributed by atoms with Crippen molar-refractivity contribution in [2.24, 2.45) is 0 Å². The van der Waals surface area contributed by atoms with Crippen molar-refractivity contribution in [3.8, 4) is 27.9 Å². The first-order valence-electron chi connectivity index (χ1n) is 16.2. The Hall–Kier alpha value is -6.12. The molecule has 0 saturated carbocycles. The third-order valence-corrected chi connectivity index (χ3v) is 9.57. The van der Waals surface area contributed by atoms with E-state index < -0.39 is 0 Å². The normalized spacial score (nSPS) is 11.5. The van der Waals surface area contributed by atoms with Gasteiger partial charge in [-0.25, -0.2) is 0 Å². The van der Waals surface area contributed by atoms with Crippen LogP contribution in [0.25, 0.3) is 71.3 Å². The molecule has 2 heteroatoms. The average Bonchev–Trinajstić information content (AvgIpc) is 3.47. The van der Waals surface area contributed by atoms with Crippen molar-refractivity contribution >= 4 is 54.7 Å². The van der Waals surface area contributed by atoms with Gasteiger partial charge >= 0.3 is 0 Å². The first kappa shape index (κ1) is 27.2. The lowest BCUT2D eigenvalue weighted by molar-refractivity contribution is 1.19.